The highest BCUT2D eigenvalue weighted by Gasteiger charge is 2.23. The van der Waals surface area contributed by atoms with Gasteiger partial charge < -0.3 is 10.2 Å². The Balaban J connectivity index is 1.66. The average Bonchev–Trinajstić information content (AvgIpc) is 2.89. The van der Waals surface area contributed by atoms with E-state index in [0.29, 0.717) is 12.2 Å². The van der Waals surface area contributed by atoms with Crippen molar-refractivity contribution in [2.45, 2.75) is 6.42 Å². The van der Waals surface area contributed by atoms with Crippen molar-refractivity contribution in [1.29, 1.82) is 0 Å². The van der Waals surface area contributed by atoms with Crippen LogP contribution in [0.25, 0.3) is 0 Å². The number of anilines is 2. The summed E-state index contributed by atoms with van der Waals surface area (Å²) in [6.07, 6.45) is 0.891. The van der Waals surface area contributed by atoms with Crippen LogP contribution >= 0.6 is 0 Å². The SMILES string of the molecule is O=C(CNc1cccc(F)c1)N1CCc2ccccc21. The first-order chi connectivity index (χ1) is 9.74. The fourth-order valence-corrected chi connectivity index (χ4v) is 2.47. The minimum Gasteiger partial charge on any atom is -0.376 e. The van der Waals surface area contributed by atoms with Crippen molar-refractivity contribution < 1.29 is 9.18 Å². The molecule has 20 heavy (non-hydrogen) atoms. The van der Waals surface area contributed by atoms with Gasteiger partial charge in [0.15, 0.2) is 0 Å². The second kappa shape index (κ2) is 5.33. The van der Waals surface area contributed by atoms with Gasteiger partial charge in [-0.1, -0.05) is 24.3 Å². The third-order valence-electron chi connectivity index (χ3n) is 3.46. The number of amides is 1. The fourth-order valence-electron chi connectivity index (χ4n) is 2.47. The Morgan fingerprint density at radius 1 is 1.20 bits per heavy atom. The van der Waals surface area contributed by atoms with Gasteiger partial charge in [-0.3, -0.25) is 4.79 Å². The number of carbonyl (C=O) groups excluding carboxylic acids is 1. The summed E-state index contributed by atoms with van der Waals surface area (Å²) in [5.74, 6) is -0.312. The van der Waals surface area contributed by atoms with Crippen LogP contribution in [0.5, 0.6) is 0 Å². The summed E-state index contributed by atoms with van der Waals surface area (Å²) in [5.41, 5.74) is 2.80. The van der Waals surface area contributed by atoms with E-state index in [4.69, 9.17) is 0 Å². The maximum Gasteiger partial charge on any atom is 0.246 e. The summed E-state index contributed by atoms with van der Waals surface area (Å²) in [5, 5.41) is 2.96. The first-order valence-corrected chi connectivity index (χ1v) is 6.62. The number of nitrogens with one attached hydrogen (secondary N) is 1. The van der Waals surface area contributed by atoms with Crippen LogP contribution in [0.3, 0.4) is 0 Å². The summed E-state index contributed by atoms with van der Waals surface area (Å²) in [6.45, 7) is 0.876. The zero-order valence-corrected chi connectivity index (χ0v) is 11.0. The first-order valence-electron chi connectivity index (χ1n) is 6.62. The molecule has 4 heteroatoms. The standard InChI is InChI=1S/C16H15FN2O/c17-13-5-3-6-14(10-13)18-11-16(20)19-9-8-12-4-1-2-7-15(12)19/h1-7,10,18H,8-9,11H2. The Morgan fingerprint density at radius 3 is 2.90 bits per heavy atom. The Labute approximate surface area is 117 Å². The molecule has 1 N–H and O–H groups in total. The second-order valence-electron chi connectivity index (χ2n) is 4.79. The van der Waals surface area contributed by atoms with E-state index in [1.165, 1.54) is 17.7 Å². The van der Waals surface area contributed by atoms with Crippen LogP contribution < -0.4 is 10.2 Å². The normalized spacial score (nSPS) is 13.2. The highest BCUT2D eigenvalue weighted by atomic mass is 19.1. The zero-order valence-electron chi connectivity index (χ0n) is 11.0. The van der Waals surface area contributed by atoms with Crippen LogP contribution in [-0.4, -0.2) is 19.0 Å². The van der Waals surface area contributed by atoms with E-state index in [1.54, 1.807) is 17.0 Å². The molecular weight excluding hydrogens is 255 g/mol. The average molecular weight is 270 g/mol. The van der Waals surface area contributed by atoms with Gasteiger partial charge in [-0.15, -0.1) is 0 Å². The third-order valence-corrected chi connectivity index (χ3v) is 3.46. The van der Waals surface area contributed by atoms with Gasteiger partial charge in [0.1, 0.15) is 5.82 Å². The third kappa shape index (κ3) is 2.50. The maximum atomic E-state index is 13.1. The van der Waals surface area contributed by atoms with Gasteiger partial charge in [0.25, 0.3) is 0 Å². The molecule has 1 amide bonds. The molecule has 0 aliphatic carbocycles. The quantitative estimate of drug-likeness (QED) is 0.930. The van der Waals surface area contributed by atoms with Crippen molar-refractivity contribution in [1.82, 2.24) is 0 Å². The predicted molar refractivity (Wildman–Crippen MR) is 77.4 cm³/mol. The lowest BCUT2D eigenvalue weighted by molar-refractivity contribution is -0.116. The number of para-hydroxylation sites is 1. The molecule has 1 aliphatic rings. The van der Waals surface area contributed by atoms with Crippen LogP contribution in [-0.2, 0) is 11.2 Å². The molecule has 1 heterocycles. The molecule has 2 aromatic carbocycles. The highest BCUT2D eigenvalue weighted by Crippen LogP contribution is 2.27. The van der Waals surface area contributed by atoms with E-state index < -0.39 is 0 Å². The van der Waals surface area contributed by atoms with Gasteiger partial charge in [-0.25, -0.2) is 4.39 Å². The smallest absolute Gasteiger partial charge is 0.246 e. The molecule has 102 valence electrons. The van der Waals surface area contributed by atoms with E-state index in [9.17, 15) is 9.18 Å². The summed E-state index contributed by atoms with van der Waals surface area (Å²) in [7, 11) is 0. The van der Waals surface area contributed by atoms with Gasteiger partial charge >= 0.3 is 0 Å². The molecule has 0 bridgehead atoms. The number of carbonyl (C=O) groups is 1. The van der Waals surface area contributed by atoms with Crippen LogP contribution in [0.4, 0.5) is 15.8 Å². The molecule has 0 radical (unpaired) electrons. The van der Waals surface area contributed by atoms with Crippen LogP contribution in [0, 0.1) is 5.82 Å². The zero-order chi connectivity index (χ0) is 13.9. The summed E-state index contributed by atoms with van der Waals surface area (Å²) in [6, 6.07) is 14.0. The lowest BCUT2D eigenvalue weighted by Crippen LogP contribution is -2.34. The molecular formula is C16H15FN2O. The van der Waals surface area contributed by atoms with Crippen LogP contribution in [0.15, 0.2) is 48.5 Å². The molecule has 0 aromatic heterocycles. The molecule has 1 aliphatic heterocycles. The lowest BCUT2D eigenvalue weighted by atomic mass is 10.2. The second-order valence-corrected chi connectivity index (χ2v) is 4.79. The minimum absolute atomic E-state index is 0.000730. The number of halogens is 1. The van der Waals surface area contributed by atoms with Gasteiger partial charge in [0.2, 0.25) is 5.91 Å². The first kappa shape index (κ1) is 12.7. The Kier molecular flexibility index (Phi) is 3.37. The number of nitrogens with zero attached hydrogens (tertiary/aromatic N) is 1. The van der Waals surface area contributed by atoms with Crippen molar-refractivity contribution >= 4 is 17.3 Å². The Hall–Kier alpha value is -2.36. The highest BCUT2D eigenvalue weighted by molar-refractivity contribution is 5.97. The number of hydrogen-bond acceptors (Lipinski definition) is 2. The number of benzene rings is 2. The minimum atomic E-state index is -0.311. The van der Waals surface area contributed by atoms with Gasteiger partial charge in [0.05, 0.1) is 6.54 Å². The van der Waals surface area contributed by atoms with Crippen molar-refractivity contribution in [2.75, 3.05) is 23.3 Å². The van der Waals surface area contributed by atoms with Crippen molar-refractivity contribution in [3.05, 3.63) is 59.9 Å². The van der Waals surface area contributed by atoms with Crippen LogP contribution in [0.2, 0.25) is 0 Å². The predicted octanol–water partition coefficient (Wildman–Crippen LogP) is 2.83. The number of rotatable bonds is 3. The summed E-state index contributed by atoms with van der Waals surface area (Å²) in [4.78, 5) is 14.0. The molecule has 2 aromatic rings. The lowest BCUT2D eigenvalue weighted by Gasteiger charge is -2.18. The summed E-state index contributed by atoms with van der Waals surface area (Å²) >= 11 is 0. The monoisotopic (exact) mass is 270 g/mol. The largest absolute Gasteiger partial charge is 0.376 e. The summed E-state index contributed by atoms with van der Waals surface area (Å²) < 4.78 is 13.1. The molecule has 0 atom stereocenters. The molecule has 0 spiro atoms. The maximum absolute atomic E-state index is 13.1. The van der Waals surface area contributed by atoms with Crippen molar-refractivity contribution in [3.8, 4) is 0 Å². The molecule has 0 saturated heterocycles. The van der Waals surface area contributed by atoms with Crippen molar-refractivity contribution in [3.63, 3.8) is 0 Å². The van der Waals surface area contributed by atoms with E-state index >= 15 is 0 Å². The molecule has 0 fully saturated rings. The Morgan fingerprint density at radius 2 is 2.05 bits per heavy atom. The molecule has 0 saturated carbocycles. The van der Waals surface area contributed by atoms with Gasteiger partial charge in [-0.2, -0.15) is 0 Å². The fraction of sp³-hybridized carbons (Fsp3) is 0.188. The molecule has 3 nitrogen and oxygen atoms in total. The van der Waals surface area contributed by atoms with Crippen LogP contribution in [0.1, 0.15) is 5.56 Å². The van der Waals surface area contributed by atoms with E-state index in [1.807, 2.05) is 24.3 Å². The topological polar surface area (TPSA) is 32.3 Å². The van der Waals surface area contributed by atoms with E-state index in [-0.39, 0.29) is 18.3 Å². The van der Waals surface area contributed by atoms with Crippen molar-refractivity contribution in [2.24, 2.45) is 0 Å². The van der Waals surface area contributed by atoms with Gasteiger partial charge in [-0.05, 0) is 36.2 Å². The van der Waals surface area contributed by atoms with Gasteiger partial charge in [0, 0.05) is 17.9 Å². The van der Waals surface area contributed by atoms with E-state index in [0.717, 1.165) is 12.1 Å². The molecule has 3 rings (SSSR count). The Bertz CT molecular complexity index is 642. The molecule has 0 unspecified atom stereocenters. The number of hydrogen-bond donors (Lipinski definition) is 1. The van der Waals surface area contributed by atoms with E-state index in [2.05, 4.69) is 5.32 Å². The number of fused-ring (bicyclic) bond motifs is 1.